The first-order valence-corrected chi connectivity index (χ1v) is 4.96. The maximum atomic E-state index is 11.0. The third-order valence-electron chi connectivity index (χ3n) is 1.38. The molecule has 1 N–H and O–H groups in total. The van der Waals surface area contributed by atoms with E-state index in [0.29, 0.717) is 6.54 Å². The summed E-state index contributed by atoms with van der Waals surface area (Å²) >= 11 is 7.18. The zero-order valence-corrected chi connectivity index (χ0v) is 8.28. The van der Waals surface area contributed by atoms with Crippen molar-refractivity contribution >= 4 is 28.8 Å². The fraction of sp³-hybridized carbons (Fsp3) is 0.375. The molecule has 1 heterocycles. The minimum absolute atomic E-state index is 0.120. The Bertz CT molecular complexity index is 246. The van der Waals surface area contributed by atoms with Gasteiger partial charge in [-0.15, -0.1) is 22.9 Å². The van der Waals surface area contributed by atoms with Crippen LogP contribution in [0, 0.1) is 0 Å². The summed E-state index contributed by atoms with van der Waals surface area (Å²) in [4.78, 5) is 12.1. The third kappa shape index (κ3) is 2.83. The first-order valence-electron chi connectivity index (χ1n) is 3.64. The molecule has 1 amide bonds. The highest BCUT2D eigenvalue weighted by molar-refractivity contribution is 7.09. The number of hydrogen-bond donors (Lipinski definition) is 1. The molecule has 12 heavy (non-hydrogen) atoms. The maximum Gasteiger partial charge on any atom is 0.238 e. The number of halogens is 1. The van der Waals surface area contributed by atoms with Crippen LogP contribution in [0.5, 0.6) is 0 Å². The maximum absolute atomic E-state index is 11.0. The molecule has 66 valence electrons. The van der Waals surface area contributed by atoms with E-state index in [2.05, 4.69) is 5.32 Å². The molecule has 2 nitrogen and oxygen atoms in total. The van der Waals surface area contributed by atoms with Crippen LogP contribution in [-0.4, -0.2) is 11.3 Å². The SMILES string of the molecule is CC(Cl)C(=O)NCc1cccs1. The van der Waals surface area contributed by atoms with E-state index in [-0.39, 0.29) is 5.91 Å². The summed E-state index contributed by atoms with van der Waals surface area (Å²) in [5.41, 5.74) is 0. The quantitative estimate of drug-likeness (QED) is 0.749. The summed E-state index contributed by atoms with van der Waals surface area (Å²) in [6.07, 6.45) is 0. The molecule has 0 aromatic carbocycles. The smallest absolute Gasteiger partial charge is 0.238 e. The van der Waals surface area contributed by atoms with Crippen molar-refractivity contribution in [2.75, 3.05) is 0 Å². The van der Waals surface area contributed by atoms with E-state index in [0.717, 1.165) is 4.88 Å². The van der Waals surface area contributed by atoms with Crippen LogP contribution < -0.4 is 5.32 Å². The lowest BCUT2D eigenvalue weighted by molar-refractivity contribution is -0.120. The number of thiophene rings is 1. The Balaban J connectivity index is 2.32. The second kappa shape index (κ2) is 4.48. The highest BCUT2D eigenvalue weighted by Crippen LogP contribution is 2.07. The number of amides is 1. The molecule has 0 spiro atoms. The Hall–Kier alpha value is -0.540. The summed E-state index contributed by atoms with van der Waals surface area (Å²) in [5, 5.41) is 4.25. The fourth-order valence-electron chi connectivity index (χ4n) is 0.728. The highest BCUT2D eigenvalue weighted by atomic mass is 35.5. The molecule has 1 aromatic heterocycles. The number of hydrogen-bond acceptors (Lipinski definition) is 2. The monoisotopic (exact) mass is 203 g/mol. The van der Waals surface area contributed by atoms with Gasteiger partial charge in [0.2, 0.25) is 5.91 Å². The van der Waals surface area contributed by atoms with Crippen molar-refractivity contribution in [3.05, 3.63) is 22.4 Å². The Morgan fingerprint density at radius 2 is 2.58 bits per heavy atom. The minimum Gasteiger partial charge on any atom is -0.350 e. The van der Waals surface area contributed by atoms with Crippen LogP contribution in [0.15, 0.2) is 17.5 Å². The lowest BCUT2D eigenvalue weighted by Crippen LogP contribution is -2.28. The molecule has 0 saturated carbocycles. The van der Waals surface area contributed by atoms with Gasteiger partial charge >= 0.3 is 0 Å². The van der Waals surface area contributed by atoms with Crippen LogP contribution in [0.2, 0.25) is 0 Å². The molecule has 0 saturated heterocycles. The van der Waals surface area contributed by atoms with Gasteiger partial charge in [0, 0.05) is 4.88 Å². The zero-order chi connectivity index (χ0) is 8.97. The average molecular weight is 204 g/mol. The van der Waals surface area contributed by atoms with Gasteiger partial charge in [0.25, 0.3) is 0 Å². The normalized spacial score (nSPS) is 12.5. The van der Waals surface area contributed by atoms with Crippen molar-refractivity contribution in [1.82, 2.24) is 5.32 Å². The van der Waals surface area contributed by atoms with Gasteiger partial charge in [-0.25, -0.2) is 0 Å². The fourth-order valence-corrected chi connectivity index (χ4v) is 1.45. The van der Waals surface area contributed by atoms with E-state index in [1.54, 1.807) is 18.3 Å². The van der Waals surface area contributed by atoms with Crippen LogP contribution in [0.25, 0.3) is 0 Å². The summed E-state index contributed by atoms with van der Waals surface area (Å²) in [5.74, 6) is -0.120. The molecule has 0 aliphatic carbocycles. The van der Waals surface area contributed by atoms with Crippen molar-refractivity contribution in [3.8, 4) is 0 Å². The van der Waals surface area contributed by atoms with Crippen molar-refractivity contribution in [2.24, 2.45) is 0 Å². The molecular weight excluding hydrogens is 194 g/mol. The van der Waals surface area contributed by atoms with Crippen LogP contribution in [0.1, 0.15) is 11.8 Å². The molecule has 4 heteroatoms. The van der Waals surface area contributed by atoms with Crippen LogP contribution in [-0.2, 0) is 11.3 Å². The second-order valence-electron chi connectivity index (χ2n) is 2.41. The van der Waals surface area contributed by atoms with Crippen LogP contribution >= 0.6 is 22.9 Å². The largest absolute Gasteiger partial charge is 0.350 e. The van der Waals surface area contributed by atoms with E-state index in [1.165, 1.54) is 0 Å². The lowest BCUT2D eigenvalue weighted by Gasteiger charge is -2.03. The molecule has 0 radical (unpaired) electrons. The molecule has 0 aliphatic rings. The average Bonchev–Trinajstić information content (AvgIpc) is 2.51. The Labute approximate surface area is 80.5 Å². The summed E-state index contributed by atoms with van der Waals surface area (Å²) in [7, 11) is 0. The number of carbonyl (C=O) groups is 1. The number of carbonyl (C=O) groups excluding carboxylic acids is 1. The predicted octanol–water partition coefficient (Wildman–Crippen LogP) is 1.99. The van der Waals surface area contributed by atoms with E-state index >= 15 is 0 Å². The van der Waals surface area contributed by atoms with Gasteiger partial charge in [-0.1, -0.05) is 6.07 Å². The second-order valence-corrected chi connectivity index (χ2v) is 4.10. The molecule has 0 aliphatic heterocycles. The van der Waals surface area contributed by atoms with Crippen molar-refractivity contribution in [2.45, 2.75) is 18.8 Å². The minimum atomic E-state index is -0.454. The molecule has 0 bridgehead atoms. The van der Waals surface area contributed by atoms with Crippen molar-refractivity contribution < 1.29 is 4.79 Å². The molecule has 1 atom stereocenters. The molecule has 0 fully saturated rings. The molecule has 1 rings (SSSR count). The first-order chi connectivity index (χ1) is 5.70. The summed E-state index contributed by atoms with van der Waals surface area (Å²) in [6, 6.07) is 3.93. The van der Waals surface area contributed by atoms with E-state index in [9.17, 15) is 4.79 Å². The van der Waals surface area contributed by atoms with E-state index < -0.39 is 5.38 Å². The van der Waals surface area contributed by atoms with Crippen molar-refractivity contribution in [1.29, 1.82) is 0 Å². The Morgan fingerprint density at radius 1 is 1.83 bits per heavy atom. The van der Waals surface area contributed by atoms with Gasteiger partial charge in [0.15, 0.2) is 0 Å². The highest BCUT2D eigenvalue weighted by Gasteiger charge is 2.07. The van der Waals surface area contributed by atoms with Crippen LogP contribution in [0.3, 0.4) is 0 Å². The summed E-state index contributed by atoms with van der Waals surface area (Å²) in [6.45, 7) is 2.23. The Kier molecular flexibility index (Phi) is 3.56. The number of rotatable bonds is 3. The number of alkyl halides is 1. The van der Waals surface area contributed by atoms with Crippen molar-refractivity contribution in [3.63, 3.8) is 0 Å². The molecule has 1 aromatic rings. The third-order valence-corrected chi connectivity index (χ3v) is 2.45. The van der Waals surface area contributed by atoms with Gasteiger partial charge in [0.05, 0.1) is 6.54 Å². The summed E-state index contributed by atoms with van der Waals surface area (Å²) < 4.78 is 0. The predicted molar refractivity (Wildman–Crippen MR) is 51.5 cm³/mol. The van der Waals surface area contributed by atoms with Gasteiger partial charge in [-0.3, -0.25) is 4.79 Å². The van der Waals surface area contributed by atoms with E-state index in [4.69, 9.17) is 11.6 Å². The van der Waals surface area contributed by atoms with Gasteiger partial charge in [-0.05, 0) is 18.4 Å². The molecular formula is C8H10ClNOS. The standard InChI is InChI=1S/C8H10ClNOS/c1-6(9)8(11)10-5-7-3-2-4-12-7/h2-4,6H,5H2,1H3,(H,10,11). The van der Waals surface area contributed by atoms with Gasteiger partial charge in [0.1, 0.15) is 5.38 Å². The lowest BCUT2D eigenvalue weighted by atomic mass is 10.4. The van der Waals surface area contributed by atoms with Gasteiger partial charge < -0.3 is 5.32 Å². The number of nitrogens with one attached hydrogen (secondary N) is 1. The first kappa shape index (κ1) is 9.55. The van der Waals surface area contributed by atoms with E-state index in [1.807, 2.05) is 17.5 Å². The van der Waals surface area contributed by atoms with Crippen LogP contribution in [0.4, 0.5) is 0 Å². The molecule has 1 unspecified atom stereocenters. The topological polar surface area (TPSA) is 29.1 Å². The zero-order valence-electron chi connectivity index (χ0n) is 6.71. The Morgan fingerprint density at radius 3 is 3.08 bits per heavy atom. The van der Waals surface area contributed by atoms with Gasteiger partial charge in [-0.2, -0.15) is 0 Å².